The molecule has 0 spiro atoms. The molecule has 3 aliphatic rings. The van der Waals surface area contributed by atoms with E-state index in [0.717, 1.165) is 46.0 Å². The van der Waals surface area contributed by atoms with E-state index in [0.29, 0.717) is 17.4 Å². The summed E-state index contributed by atoms with van der Waals surface area (Å²) in [6, 6.07) is 38.8. The summed E-state index contributed by atoms with van der Waals surface area (Å²) in [5.41, 5.74) is 12.8. The molecule has 4 heterocycles. The minimum absolute atomic E-state index is 0. The zero-order valence-electron chi connectivity index (χ0n) is 34.1. The molecule has 9 rings (SSSR count). The van der Waals surface area contributed by atoms with Gasteiger partial charge in [0.15, 0.2) is 0 Å². The van der Waals surface area contributed by atoms with Crippen molar-refractivity contribution in [3.05, 3.63) is 160 Å². The monoisotopic (exact) mass is 931 g/mol. The van der Waals surface area contributed by atoms with E-state index in [1.165, 1.54) is 33.4 Å². The molecule has 0 unspecified atom stereocenters. The summed E-state index contributed by atoms with van der Waals surface area (Å²) in [5, 5.41) is 0. The van der Waals surface area contributed by atoms with Crippen molar-refractivity contribution in [2.75, 3.05) is 4.90 Å². The number of nitrogens with zero attached hydrogens (tertiary/aromatic N) is 4. The van der Waals surface area contributed by atoms with Crippen LogP contribution in [0.2, 0.25) is 0 Å². The Morgan fingerprint density at radius 1 is 0.807 bits per heavy atom. The van der Waals surface area contributed by atoms with Crippen LogP contribution in [-0.2, 0) is 42.0 Å². The second kappa shape index (κ2) is 14.1. The molecular weight excluding hydrogens is 884 g/mol. The maximum Gasteiger partial charge on any atom is 2.00 e. The van der Waals surface area contributed by atoms with Crippen LogP contribution in [0.4, 0.5) is 17.2 Å². The van der Waals surface area contributed by atoms with Crippen molar-refractivity contribution in [2.45, 2.75) is 97.1 Å². The van der Waals surface area contributed by atoms with E-state index in [4.69, 9.17) is 24.4 Å². The number of aromatic nitrogens is 2. The average Bonchev–Trinajstić information content (AvgIpc) is 3.58. The zero-order valence-corrected chi connectivity index (χ0v) is 36.4. The third-order valence-electron chi connectivity index (χ3n) is 11.8. The van der Waals surface area contributed by atoms with Crippen molar-refractivity contribution in [1.82, 2.24) is 9.97 Å². The van der Waals surface area contributed by atoms with Gasteiger partial charge in [-0.2, -0.15) is 6.07 Å². The van der Waals surface area contributed by atoms with Gasteiger partial charge in [-0.1, -0.05) is 119 Å². The van der Waals surface area contributed by atoms with Crippen molar-refractivity contribution in [1.29, 1.82) is 0 Å². The van der Waals surface area contributed by atoms with E-state index >= 15 is 0 Å². The van der Waals surface area contributed by atoms with E-state index < -0.39 is 0 Å². The van der Waals surface area contributed by atoms with E-state index in [-0.39, 0.29) is 49.5 Å². The third-order valence-corrected chi connectivity index (χ3v) is 11.8. The Morgan fingerprint density at radius 3 is 2.37 bits per heavy atom. The number of pyridine rings is 2. The topological polar surface area (TPSA) is 59.8 Å². The number of rotatable bonds is 5. The molecule has 57 heavy (non-hydrogen) atoms. The van der Waals surface area contributed by atoms with Crippen LogP contribution in [0.15, 0.2) is 108 Å². The normalized spacial score (nSPS) is 18.5. The fourth-order valence-electron chi connectivity index (χ4n) is 9.20. The molecule has 6 aromatic rings. The maximum absolute atomic E-state index is 6.83. The Hall–Kier alpha value is -5.06. The van der Waals surface area contributed by atoms with Gasteiger partial charge in [-0.05, 0) is 94.7 Å². The number of ether oxygens (including phenoxy) is 2. The molecule has 2 atom stereocenters. The predicted octanol–water partition coefficient (Wildman–Crippen LogP) is 12.1. The van der Waals surface area contributed by atoms with Crippen LogP contribution in [0.1, 0.15) is 105 Å². The SMILES string of the molecule is Cc1cc(C)c2c(c1)[C@@H]1OC(c3[c-]c(Oc4[c-]c5c(cc4)C(C)(C)c4ccccc4N5c4cc(C(C)(C)C)ccn4)cc(-c4ccccn4)c3)=N[C@@H]1CC2(C)C.[Pt+2]. The molecule has 0 amide bonds. The average molecular weight is 932 g/mol. The summed E-state index contributed by atoms with van der Waals surface area (Å²) in [5.74, 6) is 2.52. The molecule has 2 aromatic heterocycles. The van der Waals surface area contributed by atoms with Gasteiger partial charge in [-0.3, -0.25) is 9.98 Å². The Kier molecular flexibility index (Phi) is 9.59. The minimum atomic E-state index is -0.281. The molecule has 2 aliphatic heterocycles. The first-order chi connectivity index (χ1) is 26.7. The molecule has 0 bridgehead atoms. The van der Waals surface area contributed by atoms with Gasteiger partial charge in [0.2, 0.25) is 0 Å². The Morgan fingerprint density at radius 2 is 1.60 bits per heavy atom. The molecule has 4 aromatic carbocycles. The second-order valence-corrected chi connectivity index (χ2v) is 17.9. The molecule has 0 fully saturated rings. The van der Waals surface area contributed by atoms with Crippen molar-refractivity contribution in [3.63, 3.8) is 0 Å². The molecule has 7 heteroatoms. The van der Waals surface area contributed by atoms with E-state index in [9.17, 15) is 0 Å². The predicted molar refractivity (Wildman–Crippen MR) is 225 cm³/mol. The number of anilines is 3. The number of benzene rings is 4. The minimum Gasteiger partial charge on any atom is -0.510 e. The number of aliphatic imine (C=N–C) groups is 1. The van der Waals surface area contributed by atoms with Gasteiger partial charge in [0.05, 0.1) is 11.7 Å². The summed E-state index contributed by atoms with van der Waals surface area (Å²) in [6.07, 6.45) is 4.46. The molecule has 6 nitrogen and oxygen atoms in total. The van der Waals surface area contributed by atoms with E-state index in [1.54, 1.807) is 0 Å². The van der Waals surface area contributed by atoms with Crippen molar-refractivity contribution in [2.24, 2.45) is 4.99 Å². The number of hydrogen-bond donors (Lipinski definition) is 0. The first-order valence-electron chi connectivity index (χ1n) is 19.6. The van der Waals surface area contributed by atoms with Crippen molar-refractivity contribution < 1.29 is 30.5 Å². The molecule has 290 valence electrons. The fourth-order valence-corrected chi connectivity index (χ4v) is 9.20. The number of hydrogen-bond acceptors (Lipinski definition) is 6. The molecule has 1 aliphatic carbocycles. The van der Waals surface area contributed by atoms with Crippen LogP contribution >= 0.6 is 0 Å². The molecule has 0 radical (unpaired) electrons. The Labute approximate surface area is 351 Å². The summed E-state index contributed by atoms with van der Waals surface area (Å²) >= 11 is 0. The zero-order chi connectivity index (χ0) is 39.1. The van der Waals surface area contributed by atoms with Crippen LogP contribution in [0.3, 0.4) is 0 Å². The number of fused-ring (bicyclic) bond motifs is 5. The van der Waals surface area contributed by atoms with Crippen molar-refractivity contribution in [3.8, 4) is 22.8 Å². The quantitative estimate of drug-likeness (QED) is 0.161. The van der Waals surface area contributed by atoms with Gasteiger partial charge < -0.3 is 14.4 Å². The van der Waals surface area contributed by atoms with E-state index in [1.807, 2.05) is 42.7 Å². The summed E-state index contributed by atoms with van der Waals surface area (Å²) in [4.78, 5) is 17.1. The molecular formula is C50H48N4O2Pt. The van der Waals surface area contributed by atoms with Gasteiger partial charge >= 0.3 is 21.1 Å². The Bertz CT molecular complexity index is 2550. The van der Waals surface area contributed by atoms with Gasteiger partial charge in [0, 0.05) is 29.6 Å². The summed E-state index contributed by atoms with van der Waals surface area (Å²) in [6.45, 7) is 20.3. The van der Waals surface area contributed by atoms with Gasteiger partial charge in [-0.25, -0.2) is 4.98 Å². The second-order valence-electron chi connectivity index (χ2n) is 17.9. The van der Waals surface area contributed by atoms with Gasteiger partial charge in [0.25, 0.3) is 0 Å². The largest absolute Gasteiger partial charge is 2.00 e. The first kappa shape index (κ1) is 38.8. The van der Waals surface area contributed by atoms with Crippen LogP contribution < -0.4 is 9.64 Å². The summed E-state index contributed by atoms with van der Waals surface area (Å²) < 4.78 is 13.6. The number of aryl methyl sites for hydroxylation is 2. The molecule has 0 saturated carbocycles. The van der Waals surface area contributed by atoms with Crippen LogP contribution in [0.5, 0.6) is 11.5 Å². The van der Waals surface area contributed by atoms with Crippen LogP contribution in [0.25, 0.3) is 11.3 Å². The van der Waals surface area contributed by atoms with Crippen LogP contribution in [-0.4, -0.2) is 21.9 Å². The first-order valence-corrected chi connectivity index (χ1v) is 19.6. The number of para-hydroxylation sites is 1. The summed E-state index contributed by atoms with van der Waals surface area (Å²) in [7, 11) is 0. The molecule has 0 N–H and O–H groups in total. The van der Waals surface area contributed by atoms with E-state index in [2.05, 4.69) is 140 Å². The fraction of sp³-hybridized carbons (Fsp3) is 0.300. The third kappa shape index (κ3) is 6.80. The molecule has 0 saturated heterocycles. The standard InChI is InChI=1S/C50H48N4O2.Pt/c1-30-22-31(2)45-37(23-30)46-41(29-49(45,6)7)53-47(56-46)33-24-32(40-15-12-13-20-51-40)25-36(26-33)55-35-17-18-39-43(28-35)54(42-16-11-10-14-38(42)50(39,8)9)44-27-34(19-21-52-44)48(3,4)5;/h10-25,27,41,46H,29H2,1-9H3;/q-2;+2/t41-,46+;/m1./s1. The smallest absolute Gasteiger partial charge is 0.510 e. The maximum atomic E-state index is 6.83. The van der Waals surface area contributed by atoms with Gasteiger partial charge in [0.1, 0.15) is 17.8 Å². The Balaban J connectivity index is 0.00000455. The van der Waals surface area contributed by atoms with Crippen molar-refractivity contribution >= 4 is 23.1 Å². The van der Waals surface area contributed by atoms with Gasteiger partial charge in [-0.15, -0.1) is 23.8 Å². The van der Waals surface area contributed by atoms with Crippen LogP contribution in [0, 0.1) is 26.0 Å².